The van der Waals surface area contributed by atoms with E-state index in [1.165, 1.54) is 19.8 Å². The van der Waals surface area contributed by atoms with Crippen LogP contribution in [-0.4, -0.2) is 27.5 Å². The van der Waals surface area contributed by atoms with Gasteiger partial charge in [0.15, 0.2) is 0 Å². The van der Waals surface area contributed by atoms with E-state index in [1.807, 2.05) is 30.3 Å². The highest BCUT2D eigenvalue weighted by atomic mass is 16.7. The van der Waals surface area contributed by atoms with E-state index in [1.54, 1.807) is 7.11 Å². The summed E-state index contributed by atoms with van der Waals surface area (Å²) in [5.41, 5.74) is 1.22. The molecule has 0 N–H and O–H groups in total. The van der Waals surface area contributed by atoms with Crippen molar-refractivity contribution >= 4 is 6.16 Å². The molecular weight excluding hydrogens is 196 g/mol. The van der Waals surface area contributed by atoms with Crippen molar-refractivity contribution in [3.8, 4) is 0 Å². The SMILES string of the molecule is COC(=O)OC.COCc1ccccc1. The number of rotatable bonds is 2. The third-order valence-electron chi connectivity index (χ3n) is 1.49. The molecule has 1 rings (SSSR count). The summed E-state index contributed by atoms with van der Waals surface area (Å²) in [6, 6.07) is 10.1. The summed E-state index contributed by atoms with van der Waals surface area (Å²) in [7, 11) is 4.21. The first-order valence-corrected chi connectivity index (χ1v) is 4.39. The van der Waals surface area contributed by atoms with Gasteiger partial charge in [0.05, 0.1) is 20.8 Å². The molecule has 0 bridgehead atoms. The molecule has 0 atom stereocenters. The van der Waals surface area contributed by atoms with Crippen molar-refractivity contribution in [2.45, 2.75) is 6.61 Å². The lowest BCUT2D eigenvalue weighted by Crippen LogP contribution is -1.97. The van der Waals surface area contributed by atoms with Crippen LogP contribution in [0.5, 0.6) is 0 Å². The van der Waals surface area contributed by atoms with Crippen LogP contribution in [0.25, 0.3) is 0 Å². The van der Waals surface area contributed by atoms with Crippen molar-refractivity contribution in [1.82, 2.24) is 0 Å². The Balaban J connectivity index is 0.000000288. The Morgan fingerprint density at radius 2 is 1.60 bits per heavy atom. The average Bonchev–Trinajstić information content (AvgIpc) is 2.31. The molecule has 0 radical (unpaired) electrons. The van der Waals surface area contributed by atoms with Crippen LogP contribution in [0.1, 0.15) is 5.56 Å². The Labute approximate surface area is 89.8 Å². The van der Waals surface area contributed by atoms with Gasteiger partial charge in [-0.3, -0.25) is 0 Å². The summed E-state index contributed by atoms with van der Waals surface area (Å²) in [5.74, 6) is 0. The van der Waals surface area contributed by atoms with Crippen LogP contribution in [0.15, 0.2) is 30.3 Å². The largest absolute Gasteiger partial charge is 0.507 e. The van der Waals surface area contributed by atoms with Crippen LogP contribution < -0.4 is 0 Å². The van der Waals surface area contributed by atoms with E-state index < -0.39 is 6.16 Å². The van der Waals surface area contributed by atoms with Crippen LogP contribution in [0, 0.1) is 0 Å². The van der Waals surface area contributed by atoms with Gasteiger partial charge in [0.1, 0.15) is 0 Å². The molecule has 15 heavy (non-hydrogen) atoms. The molecule has 0 aliphatic heterocycles. The number of hydrogen-bond donors (Lipinski definition) is 0. The Bertz CT molecular complexity index is 253. The van der Waals surface area contributed by atoms with Crippen LogP contribution in [0.3, 0.4) is 0 Å². The van der Waals surface area contributed by atoms with Crippen molar-refractivity contribution < 1.29 is 19.0 Å². The molecule has 0 aromatic heterocycles. The minimum absolute atomic E-state index is 0.657. The molecule has 4 heteroatoms. The van der Waals surface area contributed by atoms with Gasteiger partial charge < -0.3 is 14.2 Å². The second kappa shape index (κ2) is 9.02. The number of methoxy groups -OCH3 is 3. The standard InChI is InChI=1S/C8H10O.C3H6O3/c1-9-7-8-5-3-2-4-6-8;1-5-3(4)6-2/h2-6H,7H2,1H3;1-2H3. The number of hydrogen-bond acceptors (Lipinski definition) is 4. The predicted octanol–water partition coefficient (Wildman–Crippen LogP) is 2.23. The van der Waals surface area contributed by atoms with E-state index in [0.29, 0.717) is 6.61 Å². The quantitative estimate of drug-likeness (QED) is 0.705. The fraction of sp³-hybridized carbons (Fsp3) is 0.364. The second-order valence-electron chi connectivity index (χ2n) is 2.58. The smallest absolute Gasteiger partial charge is 0.438 e. The zero-order valence-electron chi connectivity index (χ0n) is 9.23. The normalized spacial score (nSPS) is 8.47. The molecule has 0 unspecified atom stereocenters. The Hall–Kier alpha value is -1.55. The number of carbonyl (C=O) groups excluding carboxylic acids is 1. The summed E-state index contributed by atoms with van der Waals surface area (Å²) < 4.78 is 13.0. The fourth-order valence-electron chi connectivity index (χ4n) is 0.824. The Morgan fingerprint density at radius 3 is 1.93 bits per heavy atom. The van der Waals surface area contributed by atoms with Crippen LogP contribution in [0.2, 0.25) is 0 Å². The van der Waals surface area contributed by atoms with Crippen molar-refractivity contribution in [2.75, 3.05) is 21.3 Å². The van der Waals surface area contributed by atoms with Crippen molar-refractivity contribution in [2.24, 2.45) is 0 Å². The number of carbonyl (C=O) groups is 1. The lowest BCUT2D eigenvalue weighted by Gasteiger charge is -1.95. The highest BCUT2D eigenvalue weighted by Crippen LogP contribution is 1.98. The number of ether oxygens (including phenoxy) is 3. The summed E-state index contributed by atoms with van der Waals surface area (Å²) in [4.78, 5) is 9.74. The third-order valence-corrected chi connectivity index (χ3v) is 1.49. The summed E-state index contributed by atoms with van der Waals surface area (Å²) >= 11 is 0. The minimum Gasteiger partial charge on any atom is -0.438 e. The monoisotopic (exact) mass is 212 g/mol. The van der Waals surface area contributed by atoms with E-state index >= 15 is 0 Å². The highest BCUT2D eigenvalue weighted by molar-refractivity contribution is 5.59. The number of benzene rings is 1. The maximum absolute atomic E-state index is 9.74. The molecule has 1 aromatic carbocycles. The molecule has 0 heterocycles. The van der Waals surface area contributed by atoms with Crippen molar-refractivity contribution in [3.05, 3.63) is 35.9 Å². The molecule has 0 saturated heterocycles. The molecule has 0 fully saturated rings. The zero-order chi connectivity index (χ0) is 11.5. The first-order valence-electron chi connectivity index (χ1n) is 4.39. The van der Waals surface area contributed by atoms with E-state index in [0.717, 1.165) is 0 Å². The predicted molar refractivity (Wildman–Crippen MR) is 56.6 cm³/mol. The topological polar surface area (TPSA) is 44.8 Å². The van der Waals surface area contributed by atoms with E-state index in [-0.39, 0.29) is 0 Å². The summed E-state index contributed by atoms with van der Waals surface area (Å²) in [6.07, 6.45) is -0.657. The molecule has 0 saturated carbocycles. The van der Waals surface area contributed by atoms with Crippen LogP contribution >= 0.6 is 0 Å². The molecule has 1 aromatic rings. The van der Waals surface area contributed by atoms with Gasteiger partial charge in [0, 0.05) is 7.11 Å². The van der Waals surface area contributed by atoms with Gasteiger partial charge in [-0.1, -0.05) is 30.3 Å². The molecule has 0 amide bonds. The van der Waals surface area contributed by atoms with Gasteiger partial charge in [-0.2, -0.15) is 0 Å². The highest BCUT2D eigenvalue weighted by Gasteiger charge is 1.88. The third kappa shape index (κ3) is 7.52. The van der Waals surface area contributed by atoms with Crippen molar-refractivity contribution in [3.63, 3.8) is 0 Å². The van der Waals surface area contributed by atoms with E-state index in [2.05, 4.69) is 9.47 Å². The maximum Gasteiger partial charge on any atom is 0.507 e. The van der Waals surface area contributed by atoms with Gasteiger partial charge in [0.2, 0.25) is 0 Å². The van der Waals surface area contributed by atoms with Crippen molar-refractivity contribution in [1.29, 1.82) is 0 Å². The van der Waals surface area contributed by atoms with Crippen LogP contribution in [-0.2, 0) is 20.8 Å². The van der Waals surface area contributed by atoms with Crippen LogP contribution in [0.4, 0.5) is 4.79 Å². The zero-order valence-corrected chi connectivity index (χ0v) is 9.23. The molecule has 0 aliphatic carbocycles. The molecule has 84 valence electrons. The van der Waals surface area contributed by atoms with E-state index in [9.17, 15) is 4.79 Å². The Kier molecular flexibility index (Phi) is 8.09. The molecular formula is C11H16O4. The molecule has 4 nitrogen and oxygen atoms in total. The fourth-order valence-corrected chi connectivity index (χ4v) is 0.824. The lowest BCUT2D eigenvalue weighted by molar-refractivity contribution is 0.0924. The first kappa shape index (κ1) is 13.4. The minimum atomic E-state index is -0.657. The van der Waals surface area contributed by atoms with Gasteiger partial charge >= 0.3 is 6.16 Å². The van der Waals surface area contributed by atoms with Gasteiger partial charge in [0.25, 0.3) is 0 Å². The average molecular weight is 212 g/mol. The first-order chi connectivity index (χ1) is 7.24. The summed E-state index contributed by atoms with van der Waals surface area (Å²) in [6.45, 7) is 0.709. The van der Waals surface area contributed by atoms with Gasteiger partial charge in [-0.25, -0.2) is 4.79 Å². The van der Waals surface area contributed by atoms with Gasteiger partial charge in [-0.05, 0) is 5.56 Å². The summed E-state index contributed by atoms with van der Waals surface area (Å²) in [5, 5.41) is 0. The second-order valence-corrected chi connectivity index (χ2v) is 2.58. The van der Waals surface area contributed by atoms with Gasteiger partial charge in [-0.15, -0.1) is 0 Å². The maximum atomic E-state index is 9.74. The Morgan fingerprint density at radius 1 is 1.07 bits per heavy atom. The molecule has 0 aliphatic rings. The van der Waals surface area contributed by atoms with E-state index in [4.69, 9.17) is 4.74 Å². The molecule has 0 spiro atoms. The lowest BCUT2D eigenvalue weighted by atomic mass is 10.2.